The Hall–Kier alpha value is -1.12. The molecule has 1 aromatic carbocycles. The number of carbonyl (C=O) groups is 1. The predicted octanol–water partition coefficient (Wildman–Crippen LogP) is 2.62. The second-order valence-electron chi connectivity index (χ2n) is 5.28. The highest BCUT2D eigenvalue weighted by molar-refractivity contribution is 9.10. The van der Waals surface area contributed by atoms with Crippen molar-refractivity contribution in [2.75, 3.05) is 17.6 Å². The summed E-state index contributed by atoms with van der Waals surface area (Å²) in [4.78, 5) is 11.1. The van der Waals surface area contributed by atoms with Crippen LogP contribution in [0.3, 0.4) is 0 Å². The third kappa shape index (κ3) is 4.98. The molecule has 0 aliphatic heterocycles. The zero-order valence-corrected chi connectivity index (χ0v) is 14.6. The first-order chi connectivity index (χ1) is 9.47. The number of anilines is 1. The number of hydrogen-bond donors (Lipinski definition) is 2. The molecule has 0 saturated heterocycles. The maximum atomic E-state index is 12.1. The molecule has 0 aromatic heterocycles. The number of aromatic carboxylic acids is 1. The Kier molecular flexibility index (Phi) is 5.40. The monoisotopic (exact) mass is 379 g/mol. The summed E-state index contributed by atoms with van der Waals surface area (Å²) in [6, 6.07) is 2.85. The molecular weight excluding hydrogens is 362 g/mol. The number of methoxy groups -OCH3 is 1. The van der Waals surface area contributed by atoms with Crippen molar-refractivity contribution in [2.24, 2.45) is 0 Å². The fraction of sp³-hybridized carbons (Fsp3) is 0.462. The van der Waals surface area contributed by atoms with Gasteiger partial charge in [0.05, 0.1) is 22.6 Å². The maximum Gasteiger partial charge on any atom is 0.336 e. The molecule has 0 saturated carbocycles. The molecule has 1 rings (SSSR count). The average Bonchev–Trinajstić information content (AvgIpc) is 2.30. The van der Waals surface area contributed by atoms with Crippen LogP contribution in [0, 0.1) is 6.92 Å². The lowest BCUT2D eigenvalue weighted by molar-refractivity contribution is 0.0426. The standard InChI is InChI=1S/C13H18BrNO5S/c1-8-5-10(14)9(12(16)17)6-11(8)15-21(18,19)7-13(2,3)20-4/h5-6,15H,7H2,1-4H3,(H,16,17). The van der Waals surface area contributed by atoms with E-state index in [1.54, 1.807) is 26.8 Å². The zero-order chi connectivity index (χ0) is 16.4. The van der Waals surface area contributed by atoms with Gasteiger partial charge in [0, 0.05) is 11.6 Å². The molecule has 0 amide bonds. The second kappa shape index (κ2) is 6.33. The first-order valence-corrected chi connectivity index (χ1v) is 8.51. The summed E-state index contributed by atoms with van der Waals surface area (Å²) in [6.07, 6.45) is 0. The predicted molar refractivity (Wildman–Crippen MR) is 84.3 cm³/mol. The minimum Gasteiger partial charge on any atom is -0.478 e. The van der Waals surface area contributed by atoms with Gasteiger partial charge in [-0.1, -0.05) is 0 Å². The van der Waals surface area contributed by atoms with Gasteiger partial charge in [-0.25, -0.2) is 13.2 Å². The molecule has 0 atom stereocenters. The summed E-state index contributed by atoms with van der Waals surface area (Å²) in [7, 11) is -2.23. The van der Waals surface area contributed by atoms with Crippen molar-refractivity contribution in [1.29, 1.82) is 0 Å². The van der Waals surface area contributed by atoms with E-state index < -0.39 is 21.6 Å². The SMILES string of the molecule is COC(C)(C)CS(=O)(=O)Nc1cc(C(=O)O)c(Br)cc1C. The lowest BCUT2D eigenvalue weighted by Gasteiger charge is -2.23. The highest BCUT2D eigenvalue weighted by atomic mass is 79.9. The Morgan fingerprint density at radius 3 is 2.48 bits per heavy atom. The van der Waals surface area contributed by atoms with E-state index in [2.05, 4.69) is 20.7 Å². The van der Waals surface area contributed by atoms with Gasteiger partial charge in [-0.3, -0.25) is 4.72 Å². The minimum atomic E-state index is -3.67. The molecule has 6 nitrogen and oxygen atoms in total. The van der Waals surface area contributed by atoms with Gasteiger partial charge in [-0.2, -0.15) is 0 Å². The van der Waals surface area contributed by atoms with Crippen molar-refractivity contribution in [3.8, 4) is 0 Å². The summed E-state index contributed by atoms with van der Waals surface area (Å²) in [5, 5.41) is 9.08. The number of rotatable bonds is 6. The van der Waals surface area contributed by atoms with E-state index >= 15 is 0 Å². The molecule has 118 valence electrons. The van der Waals surface area contributed by atoms with Crippen molar-refractivity contribution in [1.82, 2.24) is 0 Å². The number of nitrogens with one attached hydrogen (secondary N) is 1. The van der Waals surface area contributed by atoms with Crippen molar-refractivity contribution in [2.45, 2.75) is 26.4 Å². The number of ether oxygens (including phenoxy) is 1. The van der Waals surface area contributed by atoms with Crippen molar-refractivity contribution in [3.63, 3.8) is 0 Å². The Labute approximate surface area is 132 Å². The Bertz CT molecular complexity index is 655. The number of sulfonamides is 1. The topological polar surface area (TPSA) is 92.7 Å². The van der Waals surface area contributed by atoms with Crippen molar-refractivity contribution < 1.29 is 23.1 Å². The number of aryl methyl sites for hydroxylation is 1. The maximum absolute atomic E-state index is 12.1. The van der Waals surface area contributed by atoms with E-state index in [1.165, 1.54) is 13.2 Å². The molecule has 0 aliphatic carbocycles. The number of carboxylic acid groups (broad SMARTS) is 1. The van der Waals surface area contributed by atoms with Crippen molar-refractivity contribution >= 4 is 37.6 Å². The van der Waals surface area contributed by atoms with Crippen LogP contribution in [0.2, 0.25) is 0 Å². The van der Waals surface area contributed by atoms with E-state index in [9.17, 15) is 13.2 Å². The molecule has 0 aliphatic rings. The van der Waals surface area contributed by atoms with Gasteiger partial charge in [0.2, 0.25) is 10.0 Å². The third-order valence-electron chi connectivity index (χ3n) is 2.90. The summed E-state index contributed by atoms with van der Waals surface area (Å²) in [6.45, 7) is 5.00. The normalized spacial score (nSPS) is 12.2. The Morgan fingerprint density at radius 2 is 2.00 bits per heavy atom. The molecule has 0 bridgehead atoms. The summed E-state index contributed by atoms with van der Waals surface area (Å²) < 4.78 is 32.2. The van der Waals surface area contributed by atoms with Gasteiger partial charge >= 0.3 is 5.97 Å². The summed E-state index contributed by atoms with van der Waals surface area (Å²) >= 11 is 3.14. The average molecular weight is 380 g/mol. The third-order valence-corrected chi connectivity index (χ3v) is 5.16. The highest BCUT2D eigenvalue weighted by Crippen LogP contribution is 2.26. The number of halogens is 1. The van der Waals surface area contributed by atoms with E-state index in [0.29, 0.717) is 10.0 Å². The number of benzene rings is 1. The van der Waals surface area contributed by atoms with Gasteiger partial charge in [0.15, 0.2) is 0 Å². The fourth-order valence-corrected chi connectivity index (χ4v) is 3.95. The molecule has 2 N–H and O–H groups in total. The minimum absolute atomic E-state index is 0.00991. The highest BCUT2D eigenvalue weighted by Gasteiger charge is 2.26. The van der Waals surface area contributed by atoms with Crippen LogP contribution >= 0.6 is 15.9 Å². The second-order valence-corrected chi connectivity index (χ2v) is 7.85. The zero-order valence-electron chi connectivity index (χ0n) is 12.2. The number of hydrogen-bond acceptors (Lipinski definition) is 4. The van der Waals surface area contributed by atoms with Crippen LogP contribution in [0.4, 0.5) is 5.69 Å². The summed E-state index contributed by atoms with van der Waals surface area (Å²) in [5.74, 6) is -1.38. The van der Waals surface area contributed by atoms with E-state index in [4.69, 9.17) is 9.84 Å². The van der Waals surface area contributed by atoms with Gasteiger partial charge < -0.3 is 9.84 Å². The van der Waals surface area contributed by atoms with E-state index in [0.717, 1.165) is 0 Å². The lowest BCUT2D eigenvalue weighted by Crippen LogP contribution is -2.35. The van der Waals surface area contributed by atoms with Gasteiger partial charge in [0.25, 0.3) is 0 Å². The molecule has 0 heterocycles. The van der Waals surface area contributed by atoms with Crippen molar-refractivity contribution in [3.05, 3.63) is 27.7 Å². The summed E-state index contributed by atoms with van der Waals surface area (Å²) in [5.41, 5.74) is 0.00236. The molecule has 21 heavy (non-hydrogen) atoms. The van der Waals surface area contributed by atoms with E-state index in [1.807, 2.05) is 0 Å². The lowest BCUT2D eigenvalue weighted by atomic mass is 10.1. The van der Waals surface area contributed by atoms with Gasteiger partial charge in [0.1, 0.15) is 0 Å². The van der Waals surface area contributed by atoms with Gasteiger partial charge in [-0.15, -0.1) is 0 Å². The first kappa shape index (κ1) is 17.9. The molecule has 0 radical (unpaired) electrons. The first-order valence-electron chi connectivity index (χ1n) is 6.06. The van der Waals surface area contributed by atoms with Gasteiger partial charge in [-0.05, 0) is 54.4 Å². The largest absolute Gasteiger partial charge is 0.478 e. The van der Waals surface area contributed by atoms with Crippen LogP contribution in [0.15, 0.2) is 16.6 Å². The Balaban J connectivity index is 3.13. The van der Waals surface area contributed by atoms with Crippen LogP contribution in [-0.2, 0) is 14.8 Å². The van der Waals surface area contributed by atoms with Crippen LogP contribution in [0.25, 0.3) is 0 Å². The molecule has 0 unspecified atom stereocenters. The fourth-order valence-electron chi connectivity index (χ4n) is 1.67. The number of carboxylic acids is 1. The Morgan fingerprint density at radius 1 is 1.43 bits per heavy atom. The molecular formula is C13H18BrNO5S. The van der Waals surface area contributed by atoms with Crippen LogP contribution < -0.4 is 4.72 Å². The van der Waals surface area contributed by atoms with Crippen LogP contribution in [0.1, 0.15) is 29.8 Å². The van der Waals surface area contributed by atoms with E-state index in [-0.39, 0.29) is 17.0 Å². The molecule has 0 fully saturated rings. The molecule has 0 spiro atoms. The van der Waals surface area contributed by atoms with Crippen LogP contribution in [0.5, 0.6) is 0 Å². The molecule has 8 heteroatoms. The quantitative estimate of drug-likeness (QED) is 0.792. The smallest absolute Gasteiger partial charge is 0.336 e. The van der Waals surface area contributed by atoms with Crippen LogP contribution in [-0.4, -0.2) is 38.0 Å². The molecule has 1 aromatic rings.